The van der Waals surface area contributed by atoms with E-state index in [1.165, 1.54) is 30.2 Å². The van der Waals surface area contributed by atoms with Gasteiger partial charge < -0.3 is 23.8 Å². The standard InChI is InChI=1S/C15H21ClN4O4.C12H21NO4/c1-15(2,3)24-14(22)20-8-7-19(9-10(20)12(21)23-4)11-5-6-17-13(16)18-11;1-12(2,3)17-11(15)13-8-6-5-7-9(13)10(14)16-4/h5-6,10H,7-9H2,1-4H3;9H,5-8H2,1-4H3. The summed E-state index contributed by atoms with van der Waals surface area (Å²) < 4.78 is 20.2. The van der Waals surface area contributed by atoms with Crippen molar-refractivity contribution in [3.63, 3.8) is 0 Å². The number of likely N-dealkylation sites (tertiary alicyclic amines) is 1. The number of nitrogens with zero attached hydrogens (tertiary/aromatic N) is 5. The van der Waals surface area contributed by atoms with Crippen LogP contribution >= 0.6 is 11.6 Å². The molecule has 13 nitrogen and oxygen atoms in total. The fourth-order valence-corrected chi connectivity index (χ4v) is 4.36. The van der Waals surface area contributed by atoms with E-state index in [1.54, 1.807) is 26.8 Å². The molecule has 3 heterocycles. The number of ether oxygens (including phenoxy) is 4. The van der Waals surface area contributed by atoms with E-state index >= 15 is 0 Å². The van der Waals surface area contributed by atoms with Gasteiger partial charge in [0, 0.05) is 25.8 Å². The van der Waals surface area contributed by atoms with Gasteiger partial charge in [-0.05, 0) is 78.5 Å². The molecule has 3 rings (SSSR count). The summed E-state index contributed by atoms with van der Waals surface area (Å²) in [5, 5.41) is 0.122. The van der Waals surface area contributed by atoms with Crippen LogP contribution in [0.15, 0.2) is 12.3 Å². The Labute approximate surface area is 246 Å². The predicted octanol–water partition coefficient (Wildman–Crippen LogP) is 3.68. The molecule has 1 aromatic heterocycles. The number of piperazine rings is 1. The Balaban J connectivity index is 0.000000305. The van der Waals surface area contributed by atoms with E-state index in [2.05, 4.69) is 9.97 Å². The second kappa shape index (κ2) is 14.5. The van der Waals surface area contributed by atoms with Gasteiger partial charge in [0.2, 0.25) is 5.28 Å². The minimum atomic E-state index is -0.785. The second-order valence-corrected chi connectivity index (χ2v) is 11.9. The maximum absolute atomic E-state index is 12.4. The lowest BCUT2D eigenvalue weighted by Crippen LogP contribution is -2.59. The molecule has 2 aliphatic heterocycles. The minimum absolute atomic E-state index is 0.122. The Kier molecular flexibility index (Phi) is 12.0. The fraction of sp³-hybridized carbons (Fsp3) is 0.704. The number of anilines is 1. The number of hydrogen-bond acceptors (Lipinski definition) is 11. The number of halogens is 1. The molecule has 41 heavy (non-hydrogen) atoms. The van der Waals surface area contributed by atoms with Crippen molar-refractivity contribution in [2.45, 2.75) is 84.1 Å². The van der Waals surface area contributed by atoms with Crippen molar-refractivity contribution in [3.05, 3.63) is 17.5 Å². The number of piperidine rings is 1. The average molecular weight is 600 g/mol. The lowest BCUT2D eigenvalue weighted by atomic mass is 10.0. The zero-order valence-corrected chi connectivity index (χ0v) is 25.9. The van der Waals surface area contributed by atoms with Gasteiger partial charge in [-0.3, -0.25) is 9.80 Å². The van der Waals surface area contributed by atoms with E-state index in [9.17, 15) is 19.2 Å². The fourth-order valence-electron chi connectivity index (χ4n) is 4.22. The SMILES string of the molecule is COC(=O)C1CCCCN1C(=O)OC(C)(C)C.COC(=O)C1CN(c2ccnc(Cl)n2)CCN1C(=O)OC(C)(C)C. The van der Waals surface area contributed by atoms with Crippen LogP contribution in [-0.4, -0.2) is 108 Å². The molecule has 2 atom stereocenters. The summed E-state index contributed by atoms with van der Waals surface area (Å²) in [4.78, 5) is 60.7. The van der Waals surface area contributed by atoms with Gasteiger partial charge in [0.15, 0.2) is 6.04 Å². The molecule has 2 fully saturated rings. The number of hydrogen-bond donors (Lipinski definition) is 0. The summed E-state index contributed by atoms with van der Waals surface area (Å²) in [6.07, 6.45) is 3.03. The zero-order chi connectivity index (χ0) is 31.0. The third kappa shape index (κ3) is 10.5. The van der Waals surface area contributed by atoms with Crippen molar-refractivity contribution in [2.24, 2.45) is 0 Å². The highest BCUT2D eigenvalue weighted by atomic mass is 35.5. The maximum Gasteiger partial charge on any atom is 0.411 e. The maximum atomic E-state index is 12.4. The Morgan fingerprint density at radius 2 is 1.37 bits per heavy atom. The van der Waals surface area contributed by atoms with E-state index in [0.29, 0.717) is 31.9 Å². The molecule has 1 aromatic rings. The summed E-state index contributed by atoms with van der Waals surface area (Å²) in [7, 11) is 2.63. The van der Waals surface area contributed by atoms with Crippen molar-refractivity contribution in [1.82, 2.24) is 19.8 Å². The van der Waals surface area contributed by atoms with E-state index in [4.69, 9.17) is 30.5 Å². The first kappa shape index (κ1) is 33.9. The van der Waals surface area contributed by atoms with Crippen molar-refractivity contribution < 1.29 is 38.1 Å². The Hall–Kier alpha value is -3.35. The molecule has 0 radical (unpaired) electrons. The Morgan fingerprint density at radius 1 is 0.829 bits per heavy atom. The first-order valence-corrected chi connectivity index (χ1v) is 13.8. The molecule has 2 amide bonds. The number of aromatic nitrogens is 2. The van der Waals surface area contributed by atoms with Crippen LogP contribution in [0.1, 0.15) is 60.8 Å². The summed E-state index contributed by atoms with van der Waals surface area (Å²) in [5.41, 5.74) is -1.19. The van der Waals surface area contributed by atoms with Crippen molar-refractivity contribution in [2.75, 3.05) is 45.3 Å². The highest BCUT2D eigenvalue weighted by Gasteiger charge is 2.39. The molecule has 0 saturated carbocycles. The summed E-state index contributed by atoms with van der Waals surface area (Å²) in [6.45, 7) is 12.3. The van der Waals surface area contributed by atoms with Crippen LogP contribution in [0.3, 0.4) is 0 Å². The zero-order valence-electron chi connectivity index (χ0n) is 25.1. The number of amides is 2. The van der Waals surface area contributed by atoms with E-state index in [-0.39, 0.29) is 17.8 Å². The van der Waals surface area contributed by atoms with Gasteiger partial charge in [-0.2, -0.15) is 0 Å². The quantitative estimate of drug-likeness (QED) is 0.285. The van der Waals surface area contributed by atoms with Crippen molar-refractivity contribution in [3.8, 4) is 0 Å². The molecule has 0 aromatic carbocycles. The van der Waals surface area contributed by atoms with E-state index in [0.717, 1.165) is 12.8 Å². The third-order valence-corrected chi connectivity index (χ3v) is 6.20. The number of rotatable bonds is 3. The number of carbonyl (C=O) groups excluding carboxylic acids is 4. The molecule has 0 aliphatic carbocycles. The van der Waals surface area contributed by atoms with Gasteiger partial charge in [0.25, 0.3) is 0 Å². The van der Waals surface area contributed by atoms with Gasteiger partial charge in [0.05, 0.1) is 20.8 Å². The van der Waals surface area contributed by atoms with Crippen LogP contribution in [-0.2, 0) is 28.5 Å². The van der Waals surface area contributed by atoms with Crippen LogP contribution < -0.4 is 4.90 Å². The minimum Gasteiger partial charge on any atom is -0.467 e. The van der Waals surface area contributed by atoms with Crippen molar-refractivity contribution in [1.29, 1.82) is 0 Å². The molecule has 0 bridgehead atoms. The Morgan fingerprint density at radius 3 is 1.88 bits per heavy atom. The molecular weight excluding hydrogens is 558 g/mol. The van der Waals surface area contributed by atoms with Gasteiger partial charge in [-0.1, -0.05) is 0 Å². The van der Waals surface area contributed by atoms with Gasteiger partial charge >= 0.3 is 24.1 Å². The van der Waals surface area contributed by atoms with Gasteiger partial charge in [-0.15, -0.1) is 0 Å². The molecule has 230 valence electrons. The summed E-state index contributed by atoms with van der Waals surface area (Å²) >= 11 is 5.82. The van der Waals surface area contributed by atoms with Crippen molar-refractivity contribution >= 4 is 41.5 Å². The molecule has 2 unspecified atom stereocenters. The molecule has 2 saturated heterocycles. The highest BCUT2D eigenvalue weighted by Crippen LogP contribution is 2.22. The van der Waals surface area contributed by atoms with Gasteiger partial charge in [0.1, 0.15) is 23.1 Å². The number of methoxy groups -OCH3 is 2. The first-order chi connectivity index (χ1) is 19.1. The topological polar surface area (TPSA) is 141 Å². The third-order valence-electron chi connectivity index (χ3n) is 6.02. The lowest BCUT2D eigenvalue weighted by molar-refractivity contribution is -0.148. The first-order valence-electron chi connectivity index (χ1n) is 13.4. The molecule has 2 aliphatic rings. The highest BCUT2D eigenvalue weighted by molar-refractivity contribution is 6.28. The van der Waals surface area contributed by atoms with Crippen LogP contribution in [0.2, 0.25) is 5.28 Å². The second-order valence-electron chi connectivity index (χ2n) is 11.6. The molecular formula is C27H42ClN5O8. The van der Waals surface area contributed by atoms with Crippen LogP contribution in [0.4, 0.5) is 15.4 Å². The summed E-state index contributed by atoms with van der Waals surface area (Å²) in [6, 6.07) is 0.416. The smallest absolute Gasteiger partial charge is 0.411 e. The average Bonchev–Trinajstić information content (AvgIpc) is 2.90. The normalized spacial score (nSPS) is 19.4. The molecule has 0 spiro atoms. The monoisotopic (exact) mass is 599 g/mol. The molecule has 14 heteroatoms. The largest absolute Gasteiger partial charge is 0.467 e. The van der Waals surface area contributed by atoms with E-state index < -0.39 is 41.4 Å². The van der Waals surface area contributed by atoms with E-state index in [1.807, 2.05) is 25.7 Å². The molecule has 0 N–H and O–H groups in total. The number of carbonyl (C=O) groups is 4. The van der Waals surface area contributed by atoms with Gasteiger partial charge in [-0.25, -0.2) is 29.1 Å². The van der Waals surface area contributed by atoms with Crippen LogP contribution in [0.25, 0.3) is 0 Å². The number of esters is 2. The lowest BCUT2D eigenvalue weighted by Gasteiger charge is -2.40. The van der Waals surface area contributed by atoms with Crippen LogP contribution in [0, 0.1) is 0 Å². The van der Waals surface area contributed by atoms with Crippen LogP contribution in [0.5, 0.6) is 0 Å². The predicted molar refractivity (Wildman–Crippen MR) is 151 cm³/mol. The summed E-state index contributed by atoms with van der Waals surface area (Å²) in [5.74, 6) is -0.283. The Bertz CT molecular complexity index is 1070.